The molecular formula is C14H15F3N2OS. The minimum absolute atomic E-state index is 0.0489. The molecule has 1 aromatic rings. The third-order valence-corrected chi connectivity index (χ3v) is 5.98. The molecule has 0 N–H and O–H groups in total. The van der Waals surface area contributed by atoms with E-state index in [4.69, 9.17) is 0 Å². The van der Waals surface area contributed by atoms with E-state index in [0.717, 1.165) is 25.7 Å². The van der Waals surface area contributed by atoms with Crippen LogP contribution in [0.5, 0.6) is 0 Å². The largest absolute Gasteiger partial charge is 0.443 e. The molecule has 1 saturated heterocycles. The van der Waals surface area contributed by atoms with Crippen molar-refractivity contribution in [2.24, 2.45) is 11.3 Å². The zero-order chi connectivity index (χ0) is 14.8. The predicted molar refractivity (Wildman–Crippen MR) is 70.9 cm³/mol. The number of aromatic nitrogens is 1. The van der Waals surface area contributed by atoms with E-state index in [2.05, 4.69) is 4.98 Å². The van der Waals surface area contributed by atoms with Gasteiger partial charge in [0.1, 0.15) is 5.69 Å². The molecule has 0 aromatic carbocycles. The number of hydrogen-bond donors (Lipinski definition) is 0. The van der Waals surface area contributed by atoms with Gasteiger partial charge >= 0.3 is 6.18 Å². The molecule has 3 fully saturated rings. The summed E-state index contributed by atoms with van der Waals surface area (Å²) in [7, 11) is 0. The first-order chi connectivity index (χ1) is 9.91. The first-order valence-electron chi connectivity index (χ1n) is 7.24. The standard InChI is InChI=1S/C14H15F3N2OS/c15-14(16,17)12-18-9(6-21-12)11(20)19-7-13(4-1-5-13)10(19)8-2-3-8/h6,8,10H,1-5,7H2. The van der Waals surface area contributed by atoms with Gasteiger partial charge in [-0.15, -0.1) is 11.3 Å². The highest BCUT2D eigenvalue weighted by atomic mass is 32.1. The van der Waals surface area contributed by atoms with Crippen LogP contribution in [0.25, 0.3) is 0 Å². The zero-order valence-electron chi connectivity index (χ0n) is 11.3. The topological polar surface area (TPSA) is 33.2 Å². The second kappa shape index (κ2) is 4.21. The summed E-state index contributed by atoms with van der Waals surface area (Å²) < 4.78 is 37.8. The first-order valence-corrected chi connectivity index (χ1v) is 8.12. The Bertz CT molecular complexity index is 589. The Morgan fingerprint density at radius 3 is 2.57 bits per heavy atom. The monoisotopic (exact) mass is 316 g/mol. The van der Waals surface area contributed by atoms with Crippen molar-refractivity contribution in [2.75, 3.05) is 6.54 Å². The van der Waals surface area contributed by atoms with E-state index in [-0.39, 0.29) is 23.1 Å². The van der Waals surface area contributed by atoms with E-state index in [0.29, 0.717) is 23.8 Å². The number of carbonyl (C=O) groups excluding carboxylic acids is 1. The van der Waals surface area contributed by atoms with Crippen molar-refractivity contribution < 1.29 is 18.0 Å². The summed E-state index contributed by atoms with van der Waals surface area (Å²) in [5.74, 6) is 0.236. The molecule has 1 aliphatic heterocycles. The van der Waals surface area contributed by atoms with Crippen LogP contribution >= 0.6 is 11.3 Å². The molecule has 1 unspecified atom stereocenters. The van der Waals surface area contributed by atoms with Gasteiger partial charge in [-0.05, 0) is 31.6 Å². The number of alkyl halides is 3. The Morgan fingerprint density at radius 2 is 2.10 bits per heavy atom. The highest BCUT2D eigenvalue weighted by molar-refractivity contribution is 7.09. The third-order valence-electron chi connectivity index (χ3n) is 5.09. The summed E-state index contributed by atoms with van der Waals surface area (Å²) in [6.07, 6.45) is 1.33. The number of carbonyl (C=O) groups is 1. The molecule has 2 aliphatic carbocycles. The van der Waals surface area contributed by atoms with Gasteiger partial charge in [-0.3, -0.25) is 4.79 Å². The average Bonchev–Trinajstić information content (AvgIpc) is 2.99. The molecular weight excluding hydrogens is 301 g/mol. The number of hydrogen-bond acceptors (Lipinski definition) is 3. The Kier molecular flexibility index (Phi) is 2.72. The molecule has 4 rings (SSSR count). The molecule has 1 aromatic heterocycles. The van der Waals surface area contributed by atoms with Crippen LogP contribution in [0.4, 0.5) is 13.2 Å². The summed E-state index contributed by atoms with van der Waals surface area (Å²) in [6, 6.07) is 0.245. The minimum atomic E-state index is -4.47. The van der Waals surface area contributed by atoms with Gasteiger partial charge in [0, 0.05) is 23.4 Å². The number of halogens is 3. The quantitative estimate of drug-likeness (QED) is 0.836. The molecule has 1 amide bonds. The van der Waals surface area contributed by atoms with E-state index in [1.54, 1.807) is 4.90 Å². The van der Waals surface area contributed by atoms with Crippen molar-refractivity contribution in [1.29, 1.82) is 0 Å². The molecule has 7 heteroatoms. The summed E-state index contributed by atoms with van der Waals surface area (Å²) in [5, 5.41) is 0.300. The highest BCUT2D eigenvalue weighted by Crippen LogP contribution is 2.59. The maximum absolute atomic E-state index is 12.6. The van der Waals surface area contributed by atoms with Crippen LogP contribution in [-0.2, 0) is 6.18 Å². The van der Waals surface area contributed by atoms with E-state index in [1.165, 1.54) is 11.8 Å². The van der Waals surface area contributed by atoms with Crippen molar-refractivity contribution in [3.8, 4) is 0 Å². The van der Waals surface area contributed by atoms with Gasteiger partial charge in [0.2, 0.25) is 0 Å². The molecule has 114 valence electrons. The average molecular weight is 316 g/mol. The van der Waals surface area contributed by atoms with Crippen LogP contribution in [0.1, 0.15) is 47.6 Å². The number of likely N-dealkylation sites (tertiary alicyclic amines) is 1. The van der Waals surface area contributed by atoms with Crippen LogP contribution in [0.2, 0.25) is 0 Å². The minimum Gasteiger partial charge on any atom is -0.333 e. The summed E-state index contributed by atoms with van der Waals surface area (Å²) >= 11 is 0.498. The van der Waals surface area contributed by atoms with Crippen molar-refractivity contribution in [3.63, 3.8) is 0 Å². The smallest absolute Gasteiger partial charge is 0.333 e. The van der Waals surface area contributed by atoms with Gasteiger partial charge in [0.15, 0.2) is 5.01 Å². The second-order valence-corrected chi connectivity index (χ2v) is 7.33. The van der Waals surface area contributed by atoms with E-state index in [9.17, 15) is 18.0 Å². The summed E-state index contributed by atoms with van der Waals surface area (Å²) in [5.41, 5.74) is 0.229. The van der Waals surface area contributed by atoms with Gasteiger partial charge in [-0.1, -0.05) is 6.42 Å². The predicted octanol–water partition coefficient (Wildman–Crippen LogP) is 3.57. The van der Waals surface area contributed by atoms with Crippen molar-refractivity contribution in [1.82, 2.24) is 9.88 Å². The normalized spacial score (nSPS) is 27.4. The number of nitrogens with zero attached hydrogens (tertiary/aromatic N) is 2. The van der Waals surface area contributed by atoms with Gasteiger partial charge in [-0.25, -0.2) is 4.98 Å². The van der Waals surface area contributed by atoms with Crippen molar-refractivity contribution in [2.45, 2.75) is 44.3 Å². The van der Waals surface area contributed by atoms with Crippen molar-refractivity contribution in [3.05, 3.63) is 16.1 Å². The van der Waals surface area contributed by atoms with E-state index < -0.39 is 11.2 Å². The van der Waals surface area contributed by atoms with Gasteiger partial charge < -0.3 is 4.90 Å². The first kappa shape index (κ1) is 13.5. The molecule has 1 spiro atoms. The lowest BCUT2D eigenvalue weighted by molar-refractivity contribution is -0.137. The highest BCUT2D eigenvalue weighted by Gasteiger charge is 2.61. The zero-order valence-corrected chi connectivity index (χ0v) is 12.1. The van der Waals surface area contributed by atoms with Crippen LogP contribution in [0.3, 0.4) is 0 Å². The maximum atomic E-state index is 12.6. The molecule has 2 heterocycles. The SMILES string of the molecule is O=C(c1csc(C(F)(F)F)n1)N1CC2(CCC2)C1C1CC1. The lowest BCUT2D eigenvalue weighted by Crippen LogP contribution is -2.69. The van der Waals surface area contributed by atoms with E-state index >= 15 is 0 Å². The fraction of sp³-hybridized carbons (Fsp3) is 0.714. The molecule has 0 bridgehead atoms. The van der Waals surface area contributed by atoms with Crippen LogP contribution in [-0.4, -0.2) is 28.4 Å². The Morgan fingerprint density at radius 1 is 1.38 bits per heavy atom. The Balaban J connectivity index is 1.54. The maximum Gasteiger partial charge on any atom is 0.443 e. The number of thiazole rings is 1. The fourth-order valence-electron chi connectivity index (χ4n) is 3.85. The molecule has 2 saturated carbocycles. The third kappa shape index (κ3) is 2.00. The molecule has 3 aliphatic rings. The van der Waals surface area contributed by atoms with Crippen LogP contribution < -0.4 is 0 Å². The Hall–Kier alpha value is -1.11. The fourth-order valence-corrected chi connectivity index (χ4v) is 4.51. The van der Waals surface area contributed by atoms with Gasteiger partial charge in [0.25, 0.3) is 5.91 Å². The molecule has 3 nitrogen and oxygen atoms in total. The van der Waals surface area contributed by atoms with Gasteiger partial charge in [-0.2, -0.15) is 13.2 Å². The van der Waals surface area contributed by atoms with Crippen molar-refractivity contribution >= 4 is 17.2 Å². The lowest BCUT2D eigenvalue weighted by Gasteiger charge is -2.62. The van der Waals surface area contributed by atoms with Crippen LogP contribution in [0, 0.1) is 11.3 Å². The summed E-state index contributed by atoms with van der Waals surface area (Å²) in [6.45, 7) is 0.700. The Labute approximate surface area is 124 Å². The number of amides is 1. The molecule has 0 radical (unpaired) electrons. The van der Waals surface area contributed by atoms with Crippen LogP contribution in [0.15, 0.2) is 5.38 Å². The summed E-state index contributed by atoms with van der Waals surface area (Å²) in [4.78, 5) is 17.7. The van der Waals surface area contributed by atoms with E-state index in [1.807, 2.05) is 0 Å². The molecule has 21 heavy (non-hydrogen) atoms. The van der Waals surface area contributed by atoms with Gasteiger partial charge in [0.05, 0.1) is 0 Å². The second-order valence-electron chi connectivity index (χ2n) is 6.47. The molecule has 1 atom stereocenters. The lowest BCUT2D eigenvalue weighted by atomic mass is 9.56. The number of rotatable bonds is 2.